The molecule has 0 unspecified atom stereocenters. The molecule has 0 amide bonds. The highest BCUT2D eigenvalue weighted by molar-refractivity contribution is 5.67. The first kappa shape index (κ1) is 18.4. The third-order valence-corrected chi connectivity index (χ3v) is 4.46. The molecule has 4 aromatic rings. The normalized spacial score (nSPS) is 10.6. The molecule has 0 atom stereocenters. The first-order valence-corrected chi connectivity index (χ1v) is 9.00. The summed E-state index contributed by atoms with van der Waals surface area (Å²) in [6.45, 7) is 0. The van der Waals surface area contributed by atoms with Gasteiger partial charge in [0.05, 0.1) is 14.2 Å². The van der Waals surface area contributed by atoms with E-state index in [0.717, 1.165) is 28.2 Å². The number of nitrogens with zero attached hydrogens (tertiary/aromatic N) is 3. The molecule has 0 saturated heterocycles. The van der Waals surface area contributed by atoms with Gasteiger partial charge in [-0.25, -0.2) is 15.0 Å². The molecular weight excluding hydrogens is 366 g/mol. The molecule has 29 heavy (non-hydrogen) atoms. The fourth-order valence-electron chi connectivity index (χ4n) is 2.85. The molecule has 1 N–H and O–H groups in total. The van der Waals surface area contributed by atoms with Crippen LogP contribution in [0.3, 0.4) is 0 Å². The molecule has 0 aliphatic rings. The third kappa shape index (κ3) is 4.01. The van der Waals surface area contributed by atoms with Crippen molar-refractivity contribution in [3.63, 3.8) is 0 Å². The van der Waals surface area contributed by atoms with E-state index in [-0.39, 0.29) is 5.75 Å². The number of aromatic nitrogens is 3. The molecule has 0 fully saturated rings. The standard InChI is InChI=1S/C23H19N3O3/c1-28-19-11-5-16(6-12-19)22-24-21(15-3-9-18(27)10-4-15)25-23(26-22)17-7-13-20(29-2)14-8-17/h3-14,27H,1-2H3. The molecule has 0 radical (unpaired) electrons. The highest BCUT2D eigenvalue weighted by atomic mass is 16.5. The van der Waals surface area contributed by atoms with Gasteiger partial charge >= 0.3 is 0 Å². The van der Waals surface area contributed by atoms with Crippen LogP contribution < -0.4 is 9.47 Å². The lowest BCUT2D eigenvalue weighted by Gasteiger charge is -2.09. The van der Waals surface area contributed by atoms with Crippen LogP contribution >= 0.6 is 0 Å². The Labute approximate surface area is 168 Å². The van der Waals surface area contributed by atoms with E-state index in [2.05, 4.69) is 15.0 Å². The fourth-order valence-corrected chi connectivity index (χ4v) is 2.85. The van der Waals surface area contributed by atoms with Crippen LogP contribution in [0.1, 0.15) is 0 Å². The van der Waals surface area contributed by atoms with E-state index < -0.39 is 0 Å². The Morgan fingerprint density at radius 2 is 0.828 bits per heavy atom. The number of benzene rings is 3. The summed E-state index contributed by atoms with van der Waals surface area (Å²) in [4.78, 5) is 14.0. The molecule has 4 rings (SSSR count). The van der Waals surface area contributed by atoms with Crippen LogP contribution in [0.5, 0.6) is 17.2 Å². The second kappa shape index (κ2) is 7.98. The lowest BCUT2D eigenvalue weighted by Crippen LogP contribution is -2.00. The van der Waals surface area contributed by atoms with Crippen LogP contribution in [0.4, 0.5) is 0 Å². The predicted molar refractivity (Wildman–Crippen MR) is 111 cm³/mol. The monoisotopic (exact) mass is 385 g/mol. The lowest BCUT2D eigenvalue weighted by atomic mass is 10.1. The Hall–Kier alpha value is -3.93. The number of aromatic hydroxyl groups is 1. The Morgan fingerprint density at radius 3 is 1.14 bits per heavy atom. The molecule has 0 spiro atoms. The van der Waals surface area contributed by atoms with E-state index in [1.54, 1.807) is 38.5 Å². The molecule has 0 bridgehead atoms. The molecule has 0 aliphatic carbocycles. The van der Waals surface area contributed by atoms with Crippen LogP contribution in [-0.4, -0.2) is 34.3 Å². The summed E-state index contributed by atoms with van der Waals surface area (Å²) in [5, 5.41) is 9.59. The number of hydrogen-bond donors (Lipinski definition) is 1. The summed E-state index contributed by atoms with van der Waals surface area (Å²) in [5.74, 6) is 3.34. The summed E-state index contributed by atoms with van der Waals surface area (Å²) in [5.41, 5.74) is 2.49. The van der Waals surface area contributed by atoms with Gasteiger partial charge in [0.1, 0.15) is 17.2 Å². The van der Waals surface area contributed by atoms with Gasteiger partial charge in [0, 0.05) is 16.7 Å². The summed E-state index contributed by atoms with van der Waals surface area (Å²) in [7, 11) is 3.26. The maximum absolute atomic E-state index is 9.59. The first-order valence-electron chi connectivity index (χ1n) is 9.00. The molecule has 3 aromatic carbocycles. The minimum Gasteiger partial charge on any atom is -0.508 e. The number of rotatable bonds is 5. The minimum absolute atomic E-state index is 0.188. The van der Waals surface area contributed by atoms with Crippen molar-refractivity contribution >= 4 is 0 Å². The number of ether oxygens (including phenoxy) is 2. The van der Waals surface area contributed by atoms with Gasteiger partial charge in [-0.1, -0.05) is 0 Å². The van der Waals surface area contributed by atoms with E-state index in [1.165, 1.54) is 0 Å². The van der Waals surface area contributed by atoms with E-state index in [9.17, 15) is 5.11 Å². The Balaban J connectivity index is 1.84. The van der Waals surface area contributed by atoms with E-state index in [4.69, 9.17) is 9.47 Å². The summed E-state index contributed by atoms with van der Waals surface area (Å²) in [6.07, 6.45) is 0. The van der Waals surface area contributed by atoms with Gasteiger partial charge in [-0.05, 0) is 72.8 Å². The van der Waals surface area contributed by atoms with Gasteiger partial charge < -0.3 is 14.6 Å². The third-order valence-electron chi connectivity index (χ3n) is 4.46. The van der Waals surface area contributed by atoms with Crippen LogP contribution in [-0.2, 0) is 0 Å². The molecule has 0 aliphatic heterocycles. The first-order chi connectivity index (χ1) is 14.2. The molecule has 0 saturated carbocycles. The van der Waals surface area contributed by atoms with Crippen molar-refractivity contribution in [1.82, 2.24) is 15.0 Å². The highest BCUT2D eigenvalue weighted by Gasteiger charge is 2.12. The fraction of sp³-hybridized carbons (Fsp3) is 0.0870. The maximum atomic E-state index is 9.59. The van der Waals surface area contributed by atoms with Crippen LogP contribution in [0.2, 0.25) is 0 Å². The molecule has 6 nitrogen and oxygen atoms in total. The Kier molecular flexibility index (Phi) is 5.07. The van der Waals surface area contributed by atoms with Gasteiger partial charge in [-0.15, -0.1) is 0 Å². The van der Waals surface area contributed by atoms with Crippen LogP contribution in [0.15, 0.2) is 72.8 Å². The van der Waals surface area contributed by atoms with Crippen molar-refractivity contribution in [2.45, 2.75) is 0 Å². The smallest absolute Gasteiger partial charge is 0.164 e. The van der Waals surface area contributed by atoms with Crippen molar-refractivity contribution in [3.8, 4) is 51.4 Å². The van der Waals surface area contributed by atoms with Crippen molar-refractivity contribution in [2.24, 2.45) is 0 Å². The van der Waals surface area contributed by atoms with E-state index in [0.29, 0.717) is 17.5 Å². The van der Waals surface area contributed by atoms with E-state index >= 15 is 0 Å². The van der Waals surface area contributed by atoms with Crippen molar-refractivity contribution in [1.29, 1.82) is 0 Å². The lowest BCUT2D eigenvalue weighted by molar-refractivity contribution is 0.415. The van der Waals surface area contributed by atoms with Crippen LogP contribution in [0.25, 0.3) is 34.2 Å². The molecular formula is C23H19N3O3. The van der Waals surface area contributed by atoms with Crippen molar-refractivity contribution in [3.05, 3.63) is 72.8 Å². The van der Waals surface area contributed by atoms with Gasteiger partial charge in [-0.3, -0.25) is 0 Å². The van der Waals surface area contributed by atoms with Crippen molar-refractivity contribution in [2.75, 3.05) is 14.2 Å². The van der Waals surface area contributed by atoms with Gasteiger partial charge in [-0.2, -0.15) is 0 Å². The summed E-state index contributed by atoms with van der Waals surface area (Å²) in [6, 6.07) is 21.9. The predicted octanol–water partition coefficient (Wildman–Crippen LogP) is 4.60. The SMILES string of the molecule is COc1ccc(-c2nc(-c3ccc(O)cc3)nc(-c3ccc(OC)cc3)n2)cc1. The number of phenolic OH excluding ortho intramolecular Hbond substituents is 1. The number of hydrogen-bond acceptors (Lipinski definition) is 6. The molecule has 6 heteroatoms. The summed E-state index contributed by atoms with van der Waals surface area (Å²) >= 11 is 0. The minimum atomic E-state index is 0.188. The number of methoxy groups -OCH3 is 2. The second-order valence-corrected chi connectivity index (χ2v) is 6.31. The number of phenols is 1. The van der Waals surface area contributed by atoms with Crippen LogP contribution in [0, 0.1) is 0 Å². The van der Waals surface area contributed by atoms with E-state index in [1.807, 2.05) is 48.5 Å². The second-order valence-electron chi connectivity index (χ2n) is 6.31. The zero-order valence-electron chi connectivity index (χ0n) is 16.0. The average Bonchev–Trinajstić information content (AvgIpc) is 2.79. The molecule has 144 valence electrons. The van der Waals surface area contributed by atoms with Crippen molar-refractivity contribution < 1.29 is 14.6 Å². The van der Waals surface area contributed by atoms with Gasteiger partial charge in [0.15, 0.2) is 17.5 Å². The topological polar surface area (TPSA) is 77.4 Å². The van der Waals surface area contributed by atoms with Gasteiger partial charge in [0.2, 0.25) is 0 Å². The highest BCUT2D eigenvalue weighted by Crippen LogP contribution is 2.27. The molecule has 1 aromatic heterocycles. The molecule has 1 heterocycles. The Morgan fingerprint density at radius 1 is 0.517 bits per heavy atom. The zero-order chi connectivity index (χ0) is 20.2. The van der Waals surface area contributed by atoms with Gasteiger partial charge in [0.25, 0.3) is 0 Å². The summed E-state index contributed by atoms with van der Waals surface area (Å²) < 4.78 is 10.5. The average molecular weight is 385 g/mol. The zero-order valence-corrected chi connectivity index (χ0v) is 16.0. The quantitative estimate of drug-likeness (QED) is 0.541. The largest absolute Gasteiger partial charge is 0.508 e. The maximum Gasteiger partial charge on any atom is 0.164 e. The Bertz CT molecular complexity index is 1040.